The topological polar surface area (TPSA) is 159 Å². The molecule has 0 aromatic heterocycles. The van der Waals surface area contributed by atoms with Crippen LogP contribution >= 0.6 is 0 Å². The molecule has 3 aromatic rings. The third-order valence-corrected chi connectivity index (χ3v) is 8.98. The minimum Gasteiger partial charge on any atom is -0.491 e. The normalized spacial score (nSPS) is 11.8. The maximum absolute atomic E-state index is 12.1. The zero-order valence-electron chi connectivity index (χ0n) is 27.0. The van der Waals surface area contributed by atoms with Crippen molar-refractivity contribution in [2.45, 2.75) is 23.6 Å². The van der Waals surface area contributed by atoms with E-state index in [9.17, 15) is 21.6 Å². The van der Waals surface area contributed by atoms with Gasteiger partial charge in [-0.3, -0.25) is 13.2 Å². The van der Waals surface area contributed by atoms with Crippen molar-refractivity contribution in [2.75, 3.05) is 79.3 Å². The minimum atomic E-state index is -3.83. The lowest BCUT2D eigenvalue weighted by Crippen LogP contribution is -2.15. The summed E-state index contributed by atoms with van der Waals surface area (Å²) in [5, 5.41) is 0. The van der Waals surface area contributed by atoms with E-state index in [0.29, 0.717) is 23.3 Å². The maximum Gasteiger partial charge on any atom is 0.297 e. The molecule has 0 aliphatic carbocycles. The van der Waals surface area contributed by atoms with Crippen LogP contribution in [0.15, 0.2) is 76.5 Å². The molecular weight excluding hydrogens is 668 g/mol. The molecule has 3 aromatic carbocycles. The van der Waals surface area contributed by atoms with E-state index in [2.05, 4.69) is 0 Å². The SMILES string of the molecule is Cc1ccc(S(=O)(=O)OCCOCCOCCOc2cc(C=O)cc(OCCOCCOCCOS(=O)(=O)c3ccc(C)cc3)c2)cc1. The van der Waals surface area contributed by atoms with E-state index in [1.54, 1.807) is 42.5 Å². The van der Waals surface area contributed by atoms with Gasteiger partial charge in [0.2, 0.25) is 0 Å². The first-order chi connectivity index (χ1) is 23.1. The maximum atomic E-state index is 12.1. The van der Waals surface area contributed by atoms with Gasteiger partial charge in [-0.25, -0.2) is 0 Å². The lowest BCUT2D eigenvalue weighted by Gasteiger charge is -2.12. The van der Waals surface area contributed by atoms with Crippen molar-refractivity contribution in [3.63, 3.8) is 0 Å². The minimum absolute atomic E-state index is 0.0874. The van der Waals surface area contributed by atoms with Crippen LogP contribution in [0.2, 0.25) is 0 Å². The molecule has 0 saturated heterocycles. The van der Waals surface area contributed by atoms with Gasteiger partial charge in [0, 0.05) is 11.6 Å². The molecule has 0 unspecified atom stereocenters. The Bertz CT molecular complexity index is 1480. The Kier molecular flexibility index (Phi) is 16.9. The lowest BCUT2D eigenvalue weighted by atomic mass is 10.2. The highest BCUT2D eigenvalue weighted by Gasteiger charge is 2.15. The van der Waals surface area contributed by atoms with E-state index in [1.165, 1.54) is 24.3 Å². The van der Waals surface area contributed by atoms with Crippen molar-refractivity contribution in [1.29, 1.82) is 0 Å². The van der Waals surface area contributed by atoms with Gasteiger partial charge in [0.05, 0.1) is 75.9 Å². The Morgan fingerprint density at radius 2 is 0.812 bits per heavy atom. The first kappa shape index (κ1) is 39.0. The second-order valence-corrected chi connectivity index (χ2v) is 13.4. The van der Waals surface area contributed by atoms with Gasteiger partial charge in [0.15, 0.2) is 0 Å². The summed E-state index contributed by atoms with van der Waals surface area (Å²) < 4.78 is 91.5. The Morgan fingerprint density at radius 1 is 0.479 bits per heavy atom. The highest BCUT2D eigenvalue weighted by atomic mass is 32.2. The molecule has 15 heteroatoms. The molecule has 0 saturated carbocycles. The zero-order valence-corrected chi connectivity index (χ0v) is 28.7. The van der Waals surface area contributed by atoms with Crippen molar-refractivity contribution in [2.24, 2.45) is 0 Å². The van der Waals surface area contributed by atoms with Crippen LogP contribution < -0.4 is 9.47 Å². The van der Waals surface area contributed by atoms with E-state index in [-0.39, 0.29) is 89.1 Å². The van der Waals surface area contributed by atoms with Gasteiger partial charge in [-0.1, -0.05) is 35.4 Å². The smallest absolute Gasteiger partial charge is 0.297 e. The van der Waals surface area contributed by atoms with Crippen molar-refractivity contribution < 1.29 is 58.4 Å². The Hall–Kier alpha value is -3.41. The molecule has 0 heterocycles. The summed E-state index contributed by atoms with van der Waals surface area (Å²) in [5.41, 5.74) is 2.28. The summed E-state index contributed by atoms with van der Waals surface area (Å²) >= 11 is 0. The van der Waals surface area contributed by atoms with Crippen LogP contribution in [-0.4, -0.2) is 102 Å². The molecule has 0 aliphatic heterocycles. The van der Waals surface area contributed by atoms with E-state index < -0.39 is 20.2 Å². The molecular formula is C33H42O13S2. The van der Waals surface area contributed by atoms with Crippen LogP contribution in [0.5, 0.6) is 11.5 Å². The van der Waals surface area contributed by atoms with Crippen molar-refractivity contribution in [1.82, 2.24) is 0 Å². The first-order valence-electron chi connectivity index (χ1n) is 15.2. The number of aldehydes is 1. The molecule has 0 amide bonds. The number of rotatable bonds is 25. The van der Waals surface area contributed by atoms with E-state index in [4.69, 9.17) is 36.8 Å². The van der Waals surface area contributed by atoms with Gasteiger partial charge in [-0.05, 0) is 50.2 Å². The zero-order chi connectivity index (χ0) is 34.7. The van der Waals surface area contributed by atoms with E-state index in [1.807, 2.05) is 13.8 Å². The van der Waals surface area contributed by atoms with Crippen LogP contribution in [0.25, 0.3) is 0 Å². The standard InChI is InChI=1S/C33H42O13S2/c1-27-3-7-32(8-4-27)47(35,36)45-21-17-41-13-11-39-15-19-43-30-23-29(26-34)24-31(25-30)44-20-16-40-12-14-42-18-22-46-48(37,38)33-9-5-28(2)6-10-33/h3-10,23-26H,11-22H2,1-2H3. The van der Waals surface area contributed by atoms with Gasteiger partial charge in [0.25, 0.3) is 20.2 Å². The third kappa shape index (κ3) is 14.8. The molecule has 3 rings (SSSR count). The Balaban J connectivity index is 1.19. The summed E-state index contributed by atoms with van der Waals surface area (Å²) in [6.45, 7) is 5.65. The third-order valence-electron chi connectivity index (χ3n) is 6.33. The Labute approximate surface area is 282 Å². The number of carbonyl (C=O) groups excluding carboxylic acids is 1. The predicted molar refractivity (Wildman–Crippen MR) is 175 cm³/mol. The monoisotopic (exact) mass is 710 g/mol. The summed E-state index contributed by atoms with van der Waals surface area (Å²) in [4.78, 5) is 11.6. The number of ether oxygens (including phenoxy) is 6. The molecule has 13 nitrogen and oxygen atoms in total. The molecule has 0 aliphatic rings. The molecule has 264 valence electrons. The van der Waals surface area contributed by atoms with Gasteiger partial charge < -0.3 is 28.4 Å². The molecule has 0 atom stereocenters. The van der Waals surface area contributed by atoms with Gasteiger partial charge in [-0.15, -0.1) is 0 Å². The second kappa shape index (κ2) is 20.8. The number of hydrogen-bond acceptors (Lipinski definition) is 13. The average molecular weight is 711 g/mol. The quantitative estimate of drug-likeness (QED) is 0.0712. The Morgan fingerprint density at radius 3 is 1.17 bits per heavy atom. The molecule has 0 radical (unpaired) electrons. The number of aryl methyl sites for hydroxylation is 2. The predicted octanol–water partition coefficient (Wildman–Crippen LogP) is 3.75. The molecule has 48 heavy (non-hydrogen) atoms. The van der Waals surface area contributed by atoms with Crippen molar-refractivity contribution in [3.05, 3.63) is 83.4 Å². The van der Waals surface area contributed by atoms with E-state index in [0.717, 1.165) is 11.1 Å². The van der Waals surface area contributed by atoms with Crippen LogP contribution in [0.4, 0.5) is 0 Å². The molecule has 0 bridgehead atoms. The summed E-state index contributed by atoms with van der Waals surface area (Å²) in [5.74, 6) is 0.865. The summed E-state index contributed by atoms with van der Waals surface area (Å²) in [7, 11) is -7.66. The lowest BCUT2D eigenvalue weighted by molar-refractivity contribution is 0.0272. The van der Waals surface area contributed by atoms with Gasteiger partial charge in [0.1, 0.15) is 31.0 Å². The number of hydrogen-bond donors (Lipinski definition) is 0. The molecule has 0 fully saturated rings. The largest absolute Gasteiger partial charge is 0.491 e. The van der Waals surface area contributed by atoms with Crippen LogP contribution in [0.3, 0.4) is 0 Å². The second-order valence-electron chi connectivity index (χ2n) is 10.2. The van der Waals surface area contributed by atoms with Gasteiger partial charge in [-0.2, -0.15) is 16.8 Å². The number of benzene rings is 3. The fourth-order valence-electron chi connectivity index (χ4n) is 3.86. The summed E-state index contributed by atoms with van der Waals surface area (Å²) in [6, 6.07) is 17.6. The van der Waals surface area contributed by atoms with Crippen LogP contribution in [0.1, 0.15) is 21.5 Å². The highest BCUT2D eigenvalue weighted by Crippen LogP contribution is 2.22. The van der Waals surface area contributed by atoms with Crippen LogP contribution in [-0.2, 0) is 47.5 Å². The summed E-state index contributed by atoms with van der Waals surface area (Å²) in [6.07, 6.45) is 0.687. The van der Waals surface area contributed by atoms with Crippen molar-refractivity contribution in [3.8, 4) is 11.5 Å². The molecule has 0 spiro atoms. The fourth-order valence-corrected chi connectivity index (χ4v) is 5.65. The highest BCUT2D eigenvalue weighted by molar-refractivity contribution is 7.87. The van der Waals surface area contributed by atoms with Gasteiger partial charge >= 0.3 is 0 Å². The van der Waals surface area contributed by atoms with E-state index >= 15 is 0 Å². The van der Waals surface area contributed by atoms with Crippen LogP contribution in [0, 0.1) is 13.8 Å². The average Bonchev–Trinajstić information content (AvgIpc) is 3.06. The number of carbonyl (C=O) groups is 1. The molecule has 0 N–H and O–H groups in total. The first-order valence-corrected chi connectivity index (χ1v) is 18.0. The van der Waals surface area contributed by atoms with Crippen molar-refractivity contribution >= 4 is 26.5 Å². The fraction of sp³-hybridized carbons (Fsp3) is 0.424.